The molecule has 1 atom stereocenters. The molecule has 1 aromatic heterocycles. The van der Waals surface area contributed by atoms with E-state index >= 15 is 0 Å². The Morgan fingerprint density at radius 3 is 2.70 bits per heavy atom. The van der Waals surface area contributed by atoms with Crippen LogP contribution in [0.5, 0.6) is 0 Å². The summed E-state index contributed by atoms with van der Waals surface area (Å²) in [5.41, 5.74) is 5.07. The Balaban J connectivity index is 1.78. The third-order valence-electron chi connectivity index (χ3n) is 5.32. The van der Waals surface area contributed by atoms with Gasteiger partial charge >= 0.3 is 0 Å². The van der Waals surface area contributed by atoms with Gasteiger partial charge in [0.25, 0.3) is 0 Å². The third kappa shape index (κ3) is 2.94. The molecule has 2 fully saturated rings. The van der Waals surface area contributed by atoms with Crippen molar-refractivity contribution in [3.8, 4) is 0 Å². The molecule has 2 N–H and O–H groups in total. The predicted molar refractivity (Wildman–Crippen MR) is 85.0 cm³/mol. The molecular formula is C17H24N4O2. The zero-order valence-corrected chi connectivity index (χ0v) is 13.4. The van der Waals surface area contributed by atoms with Crippen LogP contribution in [0.3, 0.4) is 0 Å². The largest absolute Gasteiger partial charge is 0.367 e. The van der Waals surface area contributed by atoms with Gasteiger partial charge in [-0.05, 0) is 25.2 Å². The summed E-state index contributed by atoms with van der Waals surface area (Å²) in [4.78, 5) is 35.0. The number of hydrogen-bond donors (Lipinski definition) is 1. The molecule has 0 bridgehead atoms. The van der Waals surface area contributed by atoms with Crippen molar-refractivity contribution in [3.05, 3.63) is 24.3 Å². The summed E-state index contributed by atoms with van der Waals surface area (Å²) in [7, 11) is 0. The van der Waals surface area contributed by atoms with Crippen LogP contribution >= 0.6 is 0 Å². The lowest BCUT2D eigenvalue weighted by atomic mass is 9.90. The van der Waals surface area contributed by atoms with Crippen molar-refractivity contribution in [2.75, 3.05) is 6.54 Å². The summed E-state index contributed by atoms with van der Waals surface area (Å²) in [6, 6.07) is 0. The topological polar surface area (TPSA) is 89.2 Å². The number of hydrogen-bond acceptors (Lipinski definition) is 4. The fraction of sp³-hybridized carbons (Fsp3) is 0.647. The summed E-state index contributed by atoms with van der Waals surface area (Å²) in [6.07, 6.45) is 12.3. The van der Waals surface area contributed by atoms with Crippen LogP contribution in [0.1, 0.15) is 57.1 Å². The Morgan fingerprint density at radius 2 is 2.04 bits per heavy atom. The Kier molecular flexibility index (Phi) is 4.59. The highest BCUT2D eigenvalue weighted by atomic mass is 16.2. The Bertz CT molecular complexity index is 571. The Hall–Kier alpha value is -1.98. The summed E-state index contributed by atoms with van der Waals surface area (Å²) < 4.78 is 0. The molecule has 2 amide bonds. The molecular weight excluding hydrogens is 292 g/mol. The molecule has 6 heteroatoms. The van der Waals surface area contributed by atoms with Gasteiger partial charge in [0.2, 0.25) is 11.8 Å². The van der Waals surface area contributed by atoms with E-state index in [1.165, 1.54) is 25.7 Å². The van der Waals surface area contributed by atoms with Crippen molar-refractivity contribution < 1.29 is 9.59 Å². The number of carbonyl (C=O) groups is 2. The molecule has 1 aliphatic heterocycles. The lowest BCUT2D eigenvalue weighted by Crippen LogP contribution is -2.54. The van der Waals surface area contributed by atoms with Crippen molar-refractivity contribution in [2.45, 2.75) is 56.9 Å². The van der Waals surface area contributed by atoms with Crippen LogP contribution in [0, 0.1) is 5.92 Å². The van der Waals surface area contributed by atoms with Gasteiger partial charge in [0.1, 0.15) is 0 Å². The minimum Gasteiger partial charge on any atom is -0.367 e. The Morgan fingerprint density at radius 1 is 1.26 bits per heavy atom. The molecule has 3 rings (SSSR count). The van der Waals surface area contributed by atoms with Crippen LogP contribution in [-0.2, 0) is 15.1 Å². The van der Waals surface area contributed by atoms with Crippen LogP contribution in [0.15, 0.2) is 18.6 Å². The summed E-state index contributed by atoms with van der Waals surface area (Å²) in [5, 5.41) is 0. The Labute approximate surface area is 136 Å². The maximum atomic E-state index is 12.8. The van der Waals surface area contributed by atoms with Gasteiger partial charge in [0.05, 0.1) is 11.9 Å². The molecule has 1 unspecified atom stereocenters. The second-order valence-electron chi connectivity index (χ2n) is 6.65. The van der Waals surface area contributed by atoms with E-state index in [0.717, 1.165) is 12.8 Å². The maximum absolute atomic E-state index is 12.8. The van der Waals surface area contributed by atoms with E-state index in [2.05, 4.69) is 9.97 Å². The first-order valence-corrected chi connectivity index (χ1v) is 8.51. The minimum absolute atomic E-state index is 0.0128. The highest BCUT2D eigenvalue weighted by Crippen LogP contribution is 2.38. The van der Waals surface area contributed by atoms with E-state index in [1.807, 2.05) is 0 Å². The first-order chi connectivity index (χ1) is 11.1. The highest BCUT2D eigenvalue weighted by Gasteiger charge is 2.51. The molecule has 2 heterocycles. The van der Waals surface area contributed by atoms with Gasteiger partial charge < -0.3 is 10.6 Å². The van der Waals surface area contributed by atoms with E-state index in [-0.39, 0.29) is 5.91 Å². The first kappa shape index (κ1) is 15.9. The molecule has 1 aliphatic carbocycles. The molecule has 1 saturated carbocycles. The summed E-state index contributed by atoms with van der Waals surface area (Å²) in [5.74, 6) is 0.157. The number of nitrogens with two attached hydrogens (primary N) is 1. The molecule has 0 radical (unpaired) electrons. The number of amides is 2. The average Bonchev–Trinajstić information content (AvgIpc) is 3.23. The number of nitrogens with zero attached hydrogens (tertiary/aromatic N) is 3. The quantitative estimate of drug-likeness (QED) is 0.896. The molecule has 6 nitrogen and oxygen atoms in total. The summed E-state index contributed by atoms with van der Waals surface area (Å²) >= 11 is 0. The smallest absolute Gasteiger partial charge is 0.249 e. The number of aromatic nitrogens is 2. The second kappa shape index (κ2) is 6.64. The molecule has 1 saturated heterocycles. The molecule has 0 aromatic carbocycles. The molecule has 2 aliphatic rings. The van der Waals surface area contributed by atoms with Crippen molar-refractivity contribution in [3.63, 3.8) is 0 Å². The van der Waals surface area contributed by atoms with Crippen molar-refractivity contribution >= 4 is 11.8 Å². The molecule has 0 spiro atoms. The van der Waals surface area contributed by atoms with Gasteiger partial charge in [-0.1, -0.05) is 25.7 Å². The monoisotopic (exact) mass is 316 g/mol. The van der Waals surface area contributed by atoms with Gasteiger partial charge in [0, 0.05) is 25.4 Å². The van der Waals surface area contributed by atoms with Crippen molar-refractivity contribution in [1.82, 2.24) is 14.9 Å². The highest BCUT2D eigenvalue weighted by molar-refractivity contribution is 5.91. The summed E-state index contributed by atoms with van der Waals surface area (Å²) in [6.45, 7) is 0.559. The average molecular weight is 316 g/mol. The SMILES string of the molecule is NC(=O)C1(c2cnccn2)CCCN1C(=O)CCC1CCCC1. The lowest BCUT2D eigenvalue weighted by molar-refractivity contribution is -0.144. The van der Waals surface area contributed by atoms with E-state index in [1.54, 1.807) is 23.5 Å². The van der Waals surface area contributed by atoms with Gasteiger partial charge in [-0.25, -0.2) is 0 Å². The standard InChI is InChI=1S/C17H24N4O2/c18-16(23)17(14-12-19-9-10-20-14)8-3-11-21(17)15(22)7-6-13-4-1-2-5-13/h9-10,12-13H,1-8,11H2,(H2,18,23). The number of rotatable bonds is 5. The van der Waals surface area contributed by atoms with Gasteiger partial charge in [-0.2, -0.15) is 0 Å². The fourth-order valence-corrected chi connectivity index (χ4v) is 4.08. The third-order valence-corrected chi connectivity index (χ3v) is 5.32. The molecule has 23 heavy (non-hydrogen) atoms. The van der Waals surface area contributed by atoms with Crippen LogP contribution in [-0.4, -0.2) is 33.2 Å². The van der Waals surface area contributed by atoms with Crippen LogP contribution in [0.2, 0.25) is 0 Å². The minimum atomic E-state index is -1.12. The zero-order chi connectivity index (χ0) is 16.3. The van der Waals surface area contributed by atoms with Crippen LogP contribution in [0.25, 0.3) is 0 Å². The lowest BCUT2D eigenvalue weighted by Gasteiger charge is -2.35. The number of primary amides is 1. The van der Waals surface area contributed by atoms with Crippen LogP contribution in [0.4, 0.5) is 0 Å². The van der Waals surface area contributed by atoms with E-state index in [0.29, 0.717) is 31.0 Å². The maximum Gasteiger partial charge on any atom is 0.249 e. The van der Waals surface area contributed by atoms with Gasteiger partial charge in [-0.3, -0.25) is 19.6 Å². The van der Waals surface area contributed by atoms with Crippen molar-refractivity contribution in [1.29, 1.82) is 0 Å². The number of carbonyl (C=O) groups excluding carboxylic acids is 2. The van der Waals surface area contributed by atoms with Gasteiger partial charge in [0.15, 0.2) is 5.54 Å². The van der Waals surface area contributed by atoms with E-state index < -0.39 is 11.4 Å². The molecule has 124 valence electrons. The number of likely N-dealkylation sites (tertiary alicyclic amines) is 1. The van der Waals surface area contributed by atoms with E-state index in [9.17, 15) is 9.59 Å². The fourth-order valence-electron chi connectivity index (χ4n) is 4.08. The predicted octanol–water partition coefficient (Wildman–Crippen LogP) is 1.75. The second-order valence-corrected chi connectivity index (χ2v) is 6.65. The van der Waals surface area contributed by atoms with Crippen LogP contribution < -0.4 is 5.73 Å². The van der Waals surface area contributed by atoms with E-state index in [4.69, 9.17) is 5.73 Å². The first-order valence-electron chi connectivity index (χ1n) is 8.51. The van der Waals surface area contributed by atoms with Crippen molar-refractivity contribution in [2.24, 2.45) is 11.7 Å². The molecule has 1 aromatic rings. The zero-order valence-electron chi connectivity index (χ0n) is 13.4. The normalized spacial score (nSPS) is 25.0. The van der Waals surface area contributed by atoms with Gasteiger partial charge in [-0.15, -0.1) is 0 Å².